The molecule has 2 amide bonds. The molecule has 0 fully saturated rings. The lowest BCUT2D eigenvalue weighted by Gasteiger charge is -2.23. The number of nitrogens with zero attached hydrogens (tertiary/aromatic N) is 1. The summed E-state index contributed by atoms with van der Waals surface area (Å²) in [6, 6.07) is 0. The van der Waals surface area contributed by atoms with E-state index in [9.17, 15) is 9.59 Å². The van der Waals surface area contributed by atoms with E-state index in [1.807, 2.05) is 19.0 Å². The Morgan fingerprint density at radius 1 is 1.14 bits per heavy atom. The van der Waals surface area contributed by atoms with Crippen molar-refractivity contribution in [1.82, 2.24) is 15.5 Å². The van der Waals surface area contributed by atoms with Crippen molar-refractivity contribution < 1.29 is 9.59 Å². The minimum Gasteiger partial charge on any atom is -0.355 e. The Morgan fingerprint density at radius 2 is 1.77 bits per heavy atom. The zero-order chi connectivity index (χ0) is 16.6. The summed E-state index contributed by atoms with van der Waals surface area (Å²) in [5.41, 5.74) is 0.396. The first-order valence-electron chi connectivity index (χ1n) is 8.23. The average molecular weight is 309 g/mol. The van der Waals surface area contributed by atoms with Gasteiger partial charge in [-0.25, -0.2) is 0 Å². The fraction of sp³-hybridized carbons (Fsp3) is 0.765. The number of rotatable bonds is 8. The Labute approximate surface area is 134 Å². The van der Waals surface area contributed by atoms with Gasteiger partial charge in [0.2, 0.25) is 11.8 Å². The van der Waals surface area contributed by atoms with Crippen LogP contribution < -0.4 is 10.6 Å². The van der Waals surface area contributed by atoms with Crippen molar-refractivity contribution in [3.63, 3.8) is 0 Å². The number of carbonyl (C=O) groups is 2. The normalized spacial score (nSPS) is 15.4. The van der Waals surface area contributed by atoms with Crippen molar-refractivity contribution in [3.8, 4) is 0 Å². The van der Waals surface area contributed by atoms with E-state index in [1.54, 1.807) is 13.8 Å². The molecule has 5 nitrogen and oxygen atoms in total. The SMILES string of the molecule is CN(C)CCNC(=O)C(C)(C)C(=O)NCCC1=CCCCC1. The fourth-order valence-corrected chi connectivity index (χ4v) is 2.41. The number of nitrogens with one attached hydrogen (secondary N) is 2. The van der Waals surface area contributed by atoms with Crippen LogP contribution in [0.1, 0.15) is 46.0 Å². The molecule has 0 atom stereocenters. The first kappa shape index (κ1) is 18.7. The van der Waals surface area contributed by atoms with Gasteiger partial charge in [0.25, 0.3) is 0 Å². The molecule has 0 aromatic heterocycles. The highest BCUT2D eigenvalue weighted by Gasteiger charge is 2.35. The lowest BCUT2D eigenvalue weighted by atomic mass is 9.90. The Morgan fingerprint density at radius 3 is 2.32 bits per heavy atom. The maximum atomic E-state index is 12.2. The Kier molecular flexibility index (Phi) is 7.59. The van der Waals surface area contributed by atoms with Crippen LogP contribution in [0.15, 0.2) is 11.6 Å². The van der Waals surface area contributed by atoms with Gasteiger partial charge in [0.05, 0.1) is 0 Å². The molecule has 5 heteroatoms. The molecule has 0 radical (unpaired) electrons. The summed E-state index contributed by atoms with van der Waals surface area (Å²) in [7, 11) is 3.90. The lowest BCUT2D eigenvalue weighted by molar-refractivity contribution is -0.141. The lowest BCUT2D eigenvalue weighted by Crippen LogP contribution is -2.49. The molecule has 22 heavy (non-hydrogen) atoms. The van der Waals surface area contributed by atoms with Gasteiger partial charge in [-0.15, -0.1) is 0 Å². The van der Waals surface area contributed by atoms with E-state index >= 15 is 0 Å². The van der Waals surface area contributed by atoms with Crippen LogP contribution in [0.5, 0.6) is 0 Å². The molecular weight excluding hydrogens is 278 g/mol. The predicted molar refractivity (Wildman–Crippen MR) is 89.5 cm³/mol. The highest BCUT2D eigenvalue weighted by Crippen LogP contribution is 2.20. The van der Waals surface area contributed by atoms with Crippen molar-refractivity contribution in [2.75, 3.05) is 33.7 Å². The van der Waals surface area contributed by atoms with Crippen LogP contribution in [-0.2, 0) is 9.59 Å². The quantitative estimate of drug-likeness (QED) is 0.530. The monoisotopic (exact) mass is 309 g/mol. The van der Waals surface area contributed by atoms with Gasteiger partial charge in [0.1, 0.15) is 5.41 Å². The third-order valence-corrected chi connectivity index (χ3v) is 4.10. The Balaban J connectivity index is 2.34. The number of amides is 2. The molecular formula is C17H31N3O2. The summed E-state index contributed by atoms with van der Waals surface area (Å²) >= 11 is 0. The zero-order valence-corrected chi connectivity index (χ0v) is 14.5. The van der Waals surface area contributed by atoms with Crippen molar-refractivity contribution in [1.29, 1.82) is 0 Å². The van der Waals surface area contributed by atoms with Gasteiger partial charge in [0, 0.05) is 19.6 Å². The molecule has 1 rings (SSSR count). The van der Waals surface area contributed by atoms with Gasteiger partial charge >= 0.3 is 0 Å². The largest absolute Gasteiger partial charge is 0.355 e. The van der Waals surface area contributed by atoms with E-state index in [2.05, 4.69) is 16.7 Å². The van der Waals surface area contributed by atoms with Crippen LogP contribution in [0.3, 0.4) is 0 Å². The average Bonchev–Trinajstić information content (AvgIpc) is 2.47. The van der Waals surface area contributed by atoms with E-state index in [0.29, 0.717) is 13.1 Å². The second-order valence-corrected chi connectivity index (χ2v) is 6.80. The predicted octanol–water partition coefficient (Wildman–Crippen LogP) is 1.70. The molecule has 0 aromatic rings. The van der Waals surface area contributed by atoms with Gasteiger partial charge in [-0.1, -0.05) is 11.6 Å². The van der Waals surface area contributed by atoms with E-state index in [1.165, 1.54) is 18.4 Å². The molecule has 0 aliphatic heterocycles. The topological polar surface area (TPSA) is 61.4 Å². The van der Waals surface area contributed by atoms with Crippen LogP contribution in [0.25, 0.3) is 0 Å². The highest BCUT2D eigenvalue weighted by atomic mass is 16.2. The van der Waals surface area contributed by atoms with Crippen LogP contribution in [0.4, 0.5) is 0 Å². The summed E-state index contributed by atoms with van der Waals surface area (Å²) in [6.07, 6.45) is 8.00. The first-order valence-corrected chi connectivity index (χ1v) is 8.23. The Bertz CT molecular complexity index is 414. The molecule has 2 N–H and O–H groups in total. The highest BCUT2D eigenvalue weighted by molar-refractivity contribution is 6.04. The number of allylic oxidation sites excluding steroid dienone is 1. The van der Waals surface area contributed by atoms with Gasteiger partial charge in [-0.3, -0.25) is 9.59 Å². The molecule has 0 unspecified atom stereocenters. The van der Waals surface area contributed by atoms with Crippen LogP contribution in [0.2, 0.25) is 0 Å². The smallest absolute Gasteiger partial charge is 0.235 e. The molecule has 0 heterocycles. The summed E-state index contributed by atoms with van der Waals surface area (Å²) in [5.74, 6) is -0.421. The molecule has 0 spiro atoms. The summed E-state index contributed by atoms with van der Waals surface area (Å²) < 4.78 is 0. The van der Waals surface area contributed by atoms with Crippen LogP contribution >= 0.6 is 0 Å². The molecule has 0 bridgehead atoms. The fourth-order valence-electron chi connectivity index (χ4n) is 2.41. The third-order valence-electron chi connectivity index (χ3n) is 4.10. The van der Waals surface area contributed by atoms with Crippen molar-refractivity contribution in [2.24, 2.45) is 5.41 Å². The first-order chi connectivity index (χ1) is 10.3. The third kappa shape index (κ3) is 6.18. The molecule has 0 saturated heterocycles. The second-order valence-electron chi connectivity index (χ2n) is 6.80. The number of likely N-dealkylation sites (N-methyl/N-ethyl adjacent to an activating group) is 1. The van der Waals surface area contributed by atoms with Gasteiger partial charge in [-0.2, -0.15) is 0 Å². The van der Waals surface area contributed by atoms with Gasteiger partial charge < -0.3 is 15.5 Å². The molecule has 0 aromatic carbocycles. The standard InChI is InChI=1S/C17H31N3O2/c1-17(2,16(22)19-12-13-20(3)4)15(21)18-11-10-14-8-6-5-7-9-14/h8H,5-7,9-13H2,1-4H3,(H,18,21)(H,19,22). The number of carbonyl (C=O) groups excluding carboxylic acids is 2. The zero-order valence-electron chi connectivity index (χ0n) is 14.5. The van der Waals surface area contributed by atoms with Crippen molar-refractivity contribution in [2.45, 2.75) is 46.0 Å². The number of hydrogen-bond donors (Lipinski definition) is 2. The maximum absolute atomic E-state index is 12.2. The number of hydrogen-bond acceptors (Lipinski definition) is 3. The van der Waals surface area contributed by atoms with Crippen molar-refractivity contribution in [3.05, 3.63) is 11.6 Å². The van der Waals surface area contributed by atoms with E-state index in [4.69, 9.17) is 0 Å². The summed E-state index contributed by atoms with van der Waals surface area (Å²) in [5, 5.41) is 5.72. The Hall–Kier alpha value is -1.36. The summed E-state index contributed by atoms with van der Waals surface area (Å²) in [6.45, 7) is 5.27. The van der Waals surface area contributed by atoms with Crippen LogP contribution in [-0.4, -0.2) is 50.4 Å². The molecule has 1 aliphatic carbocycles. The van der Waals surface area contributed by atoms with Gasteiger partial charge in [-0.05, 0) is 60.0 Å². The van der Waals surface area contributed by atoms with Crippen molar-refractivity contribution >= 4 is 11.8 Å². The molecule has 1 aliphatic rings. The minimum absolute atomic E-state index is 0.203. The minimum atomic E-state index is -1.03. The van der Waals surface area contributed by atoms with E-state index < -0.39 is 5.41 Å². The van der Waals surface area contributed by atoms with E-state index in [0.717, 1.165) is 25.8 Å². The molecule has 126 valence electrons. The maximum Gasteiger partial charge on any atom is 0.235 e. The van der Waals surface area contributed by atoms with E-state index in [-0.39, 0.29) is 11.8 Å². The van der Waals surface area contributed by atoms with Crippen LogP contribution in [0, 0.1) is 5.41 Å². The van der Waals surface area contributed by atoms with Gasteiger partial charge in [0.15, 0.2) is 0 Å². The summed E-state index contributed by atoms with van der Waals surface area (Å²) in [4.78, 5) is 26.4. The second kappa shape index (κ2) is 8.93. The molecule has 0 saturated carbocycles.